The number of rotatable bonds is 2. The summed E-state index contributed by atoms with van der Waals surface area (Å²) in [5, 5.41) is 16.1. The Labute approximate surface area is 92.9 Å². The van der Waals surface area contributed by atoms with Crippen molar-refractivity contribution >= 4 is 22.9 Å². The molecule has 2 nitrogen and oxygen atoms in total. The van der Waals surface area contributed by atoms with Crippen molar-refractivity contribution in [2.45, 2.75) is 24.9 Å². The van der Waals surface area contributed by atoms with E-state index in [9.17, 15) is 5.11 Å². The van der Waals surface area contributed by atoms with Crippen molar-refractivity contribution in [3.8, 4) is 0 Å². The van der Waals surface area contributed by atoms with Gasteiger partial charge in [-0.25, -0.2) is 0 Å². The van der Waals surface area contributed by atoms with Crippen LogP contribution in [-0.2, 0) is 6.42 Å². The summed E-state index contributed by atoms with van der Waals surface area (Å²) in [5.74, 6) is 0. The molecule has 0 bridgehead atoms. The maximum atomic E-state index is 10.2. The SMILES string of the molecule is OC1(Cc2cc(Cl)cs2)CCCNC1. The van der Waals surface area contributed by atoms with Crippen LogP contribution < -0.4 is 5.32 Å². The Morgan fingerprint density at radius 2 is 2.50 bits per heavy atom. The zero-order chi connectivity index (χ0) is 10.0. The Balaban J connectivity index is 2.01. The molecule has 1 aliphatic rings. The van der Waals surface area contributed by atoms with E-state index in [1.165, 1.54) is 4.88 Å². The van der Waals surface area contributed by atoms with Gasteiger partial charge in [0.15, 0.2) is 0 Å². The molecule has 1 saturated heterocycles. The lowest BCUT2D eigenvalue weighted by atomic mass is 9.90. The van der Waals surface area contributed by atoms with Crippen molar-refractivity contribution in [2.24, 2.45) is 0 Å². The van der Waals surface area contributed by atoms with Crippen LogP contribution in [0.25, 0.3) is 0 Å². The van der Waals surface area contributed by atoms with Crippen LogP contribution in [0.3, 0.4) is 0 Å². The Bertz CT molecular complexity index is 307. The molecule has 0 radical (unpaired) electrons. The monoisotopic (exact) mass is 231 g/mol. The topological polar surface area (TPSA) is 32.3 Å². The standard InChI is InChI=1S/C10H14ClNOS/c11-8-4-9(14-6-8)5-10(13)2-1-3-12-7-10/h4,6,12-13H,1-3,5,7H2. The third-order valence-electron chi connectivity index (χ3n) is 2.57. The minimum Gasteiger partial charge on any atom is -0.388 e. The third kappa shape index (κ3) is 2.48. The Hall–Kier alpha value is -0.0900. The highest BCUT2D eigenvalue weighted by atomic mass is 35.5. The molecular weight excluding hydrogens is 218 g/mol. The number of β-amino-alcohol motifs (C(OH)–C–C–N with tert-alkyl or cyclic N) is 1. The zero-order valence-electron chi connectivity index (χ0n) is 7.92. The van der Waals surface area contributed by atoms with Gasteiger partial charge in [-0.1, -0.05) is 11.6 Å². The molecule has 0 saturated carbocycles. The van der Waals surface area contributed by atoms with Crippen LogP contribution in [0.15, 0.2) is 11.4 Å². The van der Waals surface area contributed by atoms with Gasteiger partial charge in [0.1, 0.15) is 0 Å². The van der Waals surface area contributed by atoms with Crippen molar-refractivity contribution < 1.29 is 5.11 Å². The number of halogens is 1. The van der Waals surface area contributed by atoms with E-state index >= 15 is 0 Å². The van der Waals surface area contributed by atoms with Crippen LogP contribution in [0.2, 0.25) is 5.02 Å². The van der Waals surface area contributed by atoms with E-state index in [1.54, 1.807) is 11.3 Å². The lowest BCUT2D eigenvalue weighted by molar-refractivity contribution is 0.0177. The van der Waals surface area contributed by atoms with Crippen molar-refractivity contribution in [3.63, 3.8) is 0 Å². The van der Waals surface area contributed by atoms with Gasteiger partial charge < -0.3 is 10.4 Å². The lowest BCUT2D eigenvalue weighted by Gasteiger charge is -2.32. The molecular formula is C10H14ClNOS. The van der Waals surface area contributed by atoms with E-state index in [0.29, 0.717) is 6.54 Å². The number of hydrogen-bond acceptors (Lipinski definition) is 3. The molecule has 0 aromatic carbocycles. The molecule has 78 valence electrons. The number of hydrogen-bond donors (Lipinski definition) is 2. The molecule has 1 aromatic heterocycles. The lowest BCUT2D eigenvalue weighted by Crippen LogP contribution is -2.46. The largest absolute Gasteiger partial charge is 0.388 e. The number of piperidine rings is 1. The second-order valence-electron chi connectivity index (χ2n) is 3.91. The normalized spacial score (nSPS) is 27.9. The molecule has 2 rings (SSSR count). The van der Waals surface area contributed by atoms with Gasteiger partial charge in [0, 0.05) is 23.2 Å². The van der Waals surface area contributed by atoms with E-state index in [2.05, 4.69) is 5.32 Å². The number of thiophene rings is 1. The summed E-state index contributed by atoms with van der Waals surface area (Å²) in [4.78, 5) is 1.17. The van der Waals surface area contributed by atoms with Crippen LogP contribution in [0.5, 0.6) is 0 Å². The van der Waals surface area contributed by atoms with Crippen LogP contribution in [0, 0.1) is 0 Å². The van der Waals surface area contributed by atoms with Gasteiger partial charge in [-0.3, -0.25) is 0 Å². The minimum absolute atomic E-state index is 0.563. The van der Waals surface area contributed by atoms with Gasteiger partial charge >= 0.3 is 0 Å². The maximum absolute atomic E-state index is 10.2. The molecule has 4 heteroatoms. The van der Waals surface area contributed by atoms with E-state index in [0.717, 1.165) is 30.8 Å². The van der Waals surface area contributed by atoms with Crippen LogP contribution in [-0.4, -0.2) is 23.8 Å². The van der Waals surface area contributed by atoms with Crippen LogP contribution in [0.1, 0.15) is 17.7 Å². The summed E-state index contributed by atoms with van der Waals surface area (Å²) >= 11 is 7.46. The van der Waals surface area contributed by atoms with Crippen molar-refractivity contribution in [1.82, 2.24) is 5.32 Å². The molecule has 0 aliphatic carbocycles. The van der Waals surface area contributed by atoms with E-state index < -0.39 is 5.60 Å². The van der Waals surface area contributed by atoms with Gasteiger partial charge in [0.2, 0.25) is 0 Å². The smallest absolute Gasteiger partial charge is 0.0820 e. The van der Waals surface area contributed by atoms with Gasteiger partial charge in [-0.15, -0.1) is 11.3 Å². The highest BCUT2D eigenvalue weighted by Crippen LogP contribution is 2.26. The predicted octanol–water partition coefficient (Wildman–Crippen LogP) is 2.06. The van der Waals surface area contributed by atoms with E-state index in [4.69, 9.17) is 11.6 Å². The summed E-state index contributed by atoms with van der Waals surface area (Å²) in [7, 11) is 0. The first-order chi connectivity index (χ1) is 6.68. The number of nitrogens with one attached hydrogen (secondary N) is 1. The molecule has 0 amide bonds. The van der Waals surface area contributed by atoms with Crippen LogP contribution in [0.4, 0.5) is 0 Å². The molecule has 2 N–H and O–H groups in total. The van der Waals surface area contributed by atoms with Gasteiger partial charge in [0.05, 0.1) is 10.6 Å². The second-order valence-corrected chi connectivity index (χ2v) is 5.34. The molecule has 2 heterocycles. The van der Waals surface area contributed by atoms with Crippen LogP contribution >= 0.6 is 22.9 Å². The molecule has 1 aromatic rings. The van der Waals surface area contributed by atoms with Gasteiger partial charge in [-0.2, -0.15) is 0 Å². The predicted molar refractivity (Wildman–Crippen MR) is 60.1 cm³/mol. The van der Waals surface area contributed by atoms with Gasteiger partial charge in [-0.05, 0) is 25.5 Å². The first-order valence-electron chi connectivity index (χ1n) is 4.84. The molecule has 0 spiro atoms. The average Bonchev–Trinajstić information content (AvgIpc) is 2.51. The summed E-state index contributed by atoms with van der Waals surface area (Å²) in [6.45, 7) is 1.72. The molecule has 1 fully saturated rings. The Kier molecular flexibility index (Phi) is 3.12. The highest BCUT2D eigenvalue weighted by molar-refractivity contribution is 7.10. The zero-order valence-corrected chi connectivity index (χ0v) is 9.50. The average molecular weight is 232 g/mol. The Morgan fingerprint density at radius 3 is 3.07 bits per heavy atom. The van der Waals surface area contributed by atoms with E-state index in [1.807, 2.05) is 11.4 Å². The van der Waals surface area contributed by atoms with Gasteiger partial charge in [0.25, 0.3) is 0 Å². The van der Waals surface area contributed by atoms with E-state index in [-0.39, 0.29) is 0 Å². The second kappa shape index (κ2) is 4.19. The molecule has 1 aliphatic heterocycles. The minimum atomic E-state index is -0.563. The summed E-state index contributed by atoms with van der Waals surface area (Å²) in [5.41, 5.74) is -0.563. The van der Waals surface area contributed by atoms with Crippen molar-refractivity contribution in [2.75, 3.05) is 13.1 Å². The summed E-state index contributed by atoms with van der Waals surface area (Å²) < 4.78 is 0. The summed E-state index contributed by atoms with van der Waals surface area (Å²) in [6.07, 6.45) is 2.66. The quantitative estimate of drug-likeness (QED) is 0.817. The first kappa shape index (κ1) is 10.4. The Morgan fingerprint density at radius 1 is 1.64 bits per heavy atom. The summed E-state index contributed by atoms with van der Waals surface area (Å²) in [6, 6.07) is 1.94. The fourth-order valence-electron chi connectivity index (χ4n) is 1.87. The van der Waals surface area contributed by atoms with Crippen molar-refractivity contribution in [1.29, 1.82) is 0 Å². The molecule has 1 unspecified atom stereocenters. The molecule has 14 heavy (non-hydrogen) atoms. The highest BCUT2D eigenvalue weighted by Gasteiger charge is 2.29. The number of aliphatic hydroxyl groups is 1. The molecule has 1 atom stereocenters. The third-order valence-corrected chi connectivity index (χ3v) is 3.86. The first-order valence-corrected chi connectivity index (χ1v) is 6.10. The maximum Gasteiger partial charge on any atom is 0.0820 e. The fourth-order valence-corrected chi connectivity index (χ4v) is 3.08. The fraction of sp³-hybridized carbons (Fsp3) is 0.600. The van der Waals surface area contributed by atoms with Crippen molar-refractivity contribution in [3.05, 3.63) is 21.3 Å².